The van der Waals surface area contributed by atoms with Gasteiger partial charge in [-0.05, 0) is 32.0 Å². The fourth-order valence-corrected chi connectivity index (χ4v) is 3.79. The minimum Gasteiger partial charge on any atom is -0.491 e. The summed E-state index contributed by atoms with van der Waals surface area (Å²) in [6.45, 7) is 5.77. The molecule has 1 aromatic carbocycles. The van der Waals surface area contributed by atoms with Crippen molar-refractivity contribution < 1.29 is 22.7 Å². The summed E-state index contributed by atoms with van der Waals surface area (Å²) in [6, 6.07) is 4.81. The Hall–Kier alpha value is -1.84. The van der Waals surface area contributed by atoms with Crippen molar-refractivity contribution in [2.45, 2.75) is 26.0 Å². The maximum absolute atomic E-state index is 13.0. The normalized spacial score (nSPS) is 25.3. The van der Waals surface area contributed by atoms with E-state index in [1.165, 1.54) is 0 Å². The predicted molar refractivity (Wildman–Crippen MR) is 109 cm³/mol. The van der Waals surface area contributed by atoms with E-state index in [-0.39, 0.29) is 24.0 Å². The van der Waals surface area contributed by atoms with Crippen LogP contribution in [0.3, 0.4) is 0 Å². The van der Waals surface area contributed by atoms with Gasteiger partial charge >= 0.3 is 0 Å². The van der Waals surface area contributed by atoms with E-state index >= 15 is 0 Å². The molecule has 2 rings (SSSR count). The molecule has 1 N–H and O–H groups in total. The summed E-state index contributed by atoms with van der Waals surface area (Å²) in [7, 11) is 1.99. The maximum Gasteiger partial charge on any atom is 0.257 e. The van der Waals surface area contributed by atoms with Crippen molar-refractivity contribution in [3.63, 3.8) is 0 Å². The molecular weight excluding hydrogens is 382 g/mol. The van der Waals surface area contributed by atoms with E-state index in [4.69, 9.17) is 9.47 Å². The minimum absolute atomic E-state index is 0.0985. The molecule has 0 spiro atoms. The molecule has 0 saturated heterocycles. The number of hydrogen-bond donors (Lipinski definition) is 1. The van der Waals surface area contributed by atoms with Gasteiger partial charge in [-0.15, -0.1) is 0 Å². The average Bonchev–Trinajstić information content (AvgIpc) is 2.61. The van der Waals surface area contributed by atoms with Crippen molar-refractivity contribution in [2.24, 2.45) is 5.92 Å². The lowest BCUT2D eigenvalue weighted by atomic mass is 10.0. The first-order chi connectivity index (χ1) is 13.0. The molecule has 0 unspecified atom stereocenters. The van der Waals surface area contributed by atoms with Gasteiger partial charge in [0.05, 0.1) is 23.6 Å². The van der Waals surface area contributed by atoms with E-state index in [1.807, 2.05) is 14.0 Å². The predicted octanol–water partition coefficient (Wildman–Crippen LogP) is 1.49. The number of benzene rings is 1. The third-order valence-corrected chi connectivity index (χ3v) is 5.67. The molecule has 0 saturated carbocycles. The summed E-state index contributed by atoms with van der Waals surface area (Å²) < 4.78 is 37.1. The second-order valence-corrected chi connectivity index (χ2v) is 9.37. The van der Waals surface area contributed by atoms with Crippen molar-refractivity contribution in [1.29, 1.82) is 0 Å². The highest BCUT2D eigenvalue weighted by molar-refractivity contribution is 7.92. The number of amides is 1. The van der Waals surface area contributed by atoms with Crippen LogP contribution in [0.4, 0.5) is 5.69 Å². The first kappa shape index (κ1) is 22.4. The smallest absolute Gasteiger partial charge is 0.257 e. The number of carbonyl (C=O) groups excluding carboxylic acids is 1. The highest BCUT2D eigenvalue weighted by Crippen LogP contribution is 2.27. The van der Waals surface area contributed by atoms with Gasteiger partial charge in [-0.1, -0.05) is 6.92 Å². The standard InChI is InChI=1S/C19H31N3O5S/c1-13-10-21(3)14(2)12-27-17-9-15(20-28(6,24)25)7-8-16(17)19(23)22(4)11-18(13)26-5/h7-9,13-14,18,20H,10-12H2,1-6H3/t13-,14+,18+/m0/s1. The molecule has 0 aromatic heterocycles. The summed E-state index contributed by atoms with van der Waals surface area (Å²) in [5, 5.41) is 0. The van der Waals surface area contributed by atoms with E-state index in [9.17, 15) is 13.2 Å². The Morgan fingerprint density at radius 3 is 2.50 bits per heavy atom. The van der Waals surface area contributed by atoms with Crippen LogP contribution in [-0.4, -0.2) is 83.4 Å². The van der Waals surface area contributed by atoms with Gasteiger partial charge < -0.3 is 14.4 Å². The summed E-state index contributed by atoms with van der Waals surface area (Å²) in [5.41, 5.74) is 0.743. The molecule has 158 valence electrons. The van der Waals surface area contributed by atoms with Gasteiger partial charge in [-0.2, -0.15) is 0 Å². The van der Waals surface area contributed by atoms with E-state index in [0.717, 1.165) is 12.8 Å². The number of sulfonamides is 1. The average molecular weight is 414 g/mol. The largest absolute Gasteiger partial charge is 0.491 e. The summed E-state index contributed by atoms with van der Waals surface area (Å²) in [4.78, 5) is 16.8. The zero-order chi connectivity index (χ0) is 21.1. The van der Waals surface area contributed by atoms with Crippen molar-refractivity contribution in [1.82, 2.24) is 9.80 Å². The van der Waals surface area contributed by atoms with Crippen LogP contribution in [0, 0.1) is 5.92 Å². The molecule has 0 fully saturated rings. The minimum atomic E-state index is -3.43. The second-order valence-electron chi connectivity index (χ2n) is 7.62. The van der Waals surface area contributed by atoms with Crippen LogP contribution in [0.5, 0.6) is 5.75 Å². The van der Waals surface area contributed by atoms with Gasteiger partial charge in [0.25, 0.3) is 5.91 Å². The van der Waals surface area contributed by atoms with Crippen molar-refractivity contribution in [3.8, 4) is 5.75 Å². The van der Waals surface area contributed by atoms with Gasteiger partial charge in [0.1, 0.15) is 12.4 Å². The molecular formula is C19H31N3O5S. The highest BCUT2D eigenvalue weighted by atomic mass is 32.2. The van der Waals surface area contributed by atoms with Crippen LogP contribution in [0.15, 0.2) is 18.2 Å². The number of likely N-dealkylation sites (N-methyl/N-ethyl adjacent to an activating group) is 2. The summed E-state index contributed by atoms with van der Waals surface area (Å²) in [5.74, 6) is 0.387. The summed E-state index contributed by atoms with van der Waals surface area (Å²) in [6.07, 6.45) is 0.980. The van der Waals surface area contributed by atoms with Gasteiger partial charge in [-0.25, -0.2) is 8.42 Å². The van der Waals surface area contributed by atoms with E-state index < -0.39 is 10.0 Å². The molecule has 1 heterocycles. The van der Waals surface area contributed by atoms with E-state index in [2.05, 4.69) is 16.5 Å². The summed E-state index contributed by atoms with van der Waals surface area (Å²) >= 11 is 0. The maximum atomic E-state index is 13.0. The number of methoxy groups -OCH3 is 1. The molecule has 28 heavy (non-hydrogen) atoms. The van der Waals surface area contributed by atoms with Crippen LogP contribution < -0.4 is 9.46 Å². The van der Waals surface area contributed by atoms with Gasteiger partial charge in [-0.3, -0.25) is 14.4 Å². The quantitative estimate of drug-likeness (QED) is 0.808. The van der Waals surface area contributed by atoms with Crippen LogP contribution in [0.1, 0.15) is 24.2 Å². The molecule has 1 aliphatic heterocycles. The fourth-order valence-electron chi connectivity index (χ4n) is 3.23. The molecule has 1 amide bonds. The molecule has 0 bridgehead atoms. The lowest BCUT2D eigenvalue weighted by molar-refractivity contribution is 0.0150. The zero-order valence-electron chi connectivity index (χ0n) is 17.4. The Morgan fingerprint density at radius 2 is 1.89 bits per heavy atom. The first-order valence-electron chi connectivity index (χ1n) is 9.25. The van der Waals surface area contributed by atoms with Gasteiger partial charge in [0.2, 0.25) is 10.0 Å². The Bertz CT molecular complexity index is 799. The highest BCUT2D eigenvalue weighted by Gasteiger charge is 2.27. The van der Waals surface area contributed by atoms with E-state index in [0.29, 0.717) is 30.2 Å². The Kier molecular flexibility index (Phi) is 7.30. The fraction of sp³-hybridized carbons (Fsp3) is 0.632. The van der Waals surface area contributed by atoms with Crippen molar-refractivity contribution >= 4 is 21.6 Å². The molecule has 1 aromatic rings. The number of fused-ring (bicyclic) bond motifs is 1. The van der Waals surface area contributed by atoms with Crippen LogP contribution in [-0.2, 0) is 14.8 Å². The second kappa shape index (κ2) is 9.11. The molecule has 1 aliphatic rings. The van der Waals surface area contributed by atoms with Crippen LogP contribution >= 0.6 is 0 Å². The zero-order valence-corrected chi connectivity index (χ0v) is 18.2. The topological polar surface area (TPSA) is 88.2 Å². The number of nitrogens with zero attached hydrogens (tertiary/aromatic N) is 2. The number of anilines is 1. The third-order valence-electron chi connectivity index (χ3n) is 5.06. The molecule has 9 heteroatoms. The Morgan fingerprint density at radius 1 is 1.21 bits per heavy atom. The Balaban J connectivity index is 2.42. The van der Waals surface area contributed by atoms with Crippen molar-refractivity contribution in [3.05, 3.63) is 23.8 Å². The SMILES string of the molecule is CO[C@@H]1CN(C)C(=O)c2ccc(NS(C)(=O)=O)cc2OC[C@@H](C)N(C)C[C@@H]1C. The number of carbonyl (C=O) groups is 1. The van der Waals surface area contributed by atoms with Crippen LogP contribution in [0.25, 0.3) is 0 Å². The van der Waals surface area contributed by atoms with Crippen molar-refractivity contribution in [2.75, 3.05) is 51.9 Å². The molecule has 8 nitrogen and oxygen atoms in total. The number of hydrogen-bond acceptors (Lipinski definition) is 6. The molecule has 3 atom stereocenters. The first-order valence-corrected chi connectivity index (χ1v) is 11.1. The lowest BCUT2D eigenvalue weighted by Gasteiger charge is -2.34. The third kappa shape index (κ3) is 5.83. The van der Waals surface area contributed by atoms with Gasteiger partial charge in [0.15, 0.2) is 0 Å². The number of nitrogens with one attached hydrogen (secondary N) is 1. The Labute approximate surface area is 167 Å². The number of ether oxygens (including phenoxy) is 2. The monoisotopic (exact) mass is 413 g/mol. The van der Waals surface area contributed by atoms with Crippen LogP contribution in [0.2, 0.25) is 0 Å². The van der Waals surface area contributed by atoms with E-state index in [1.54, 1.807) is 37.3 Å². The van der Waals surface area contributed by atoms with Gasteiger partial charge in [0, 0.05) is 39.4 Å². The number of rotatable bonds is 3. The lowest BCUT2D eigenvalue weighted by Crippen LogP contribution is -2.45. The molecule has 0 radical (unpaired) electrons. The molecule has 0 aliphatic carbocycles.